The lowest BCUT2D eigenvalue weighted by molar-refractivity contribution is -0.121. The highest BCUT2D eigenvalue weighted by Crippen LogP contribution is 2.45. The molecule has 0 unspecified atom stereocenters. The highest BCUT2D eigenvalue weighted by molar-refractivity contribution is 7.10. The first-order chi connectivity index (χ1) is 15.4. The monoisotopic (exact) mass is 446 g/mol. The summed E-state index contributed by atoms with van der Waals surface area (Å²) in [6.07, 6.45) is 0. The Balaban J connectivity index is 1.88. The molecule has 4 nitrogen and oxygen atoms in total. The highest BCUT2D eigenvalue weighted by atomic mass is 32.1. The Bertz CT molecular complexity index is 1110. The van der Waals surface area contributed by atoms with Gasteiger partial charge in [-0.05, 0) is 60.5 Å². The minimum absolute atomic E-state index is 0.00959. The Morgan fingerprint density at radius 2 is 1.88 bits per heavy atom. The van der Waals surface area contributed by atoms with E-state index >= 15 is 0 Å². The van der Waals surface area contributed by atoms with E-state index in [0.717, 1.165) is 21.7 Å². The van der Waals surface area contributed by atoms with Crippen LogP contribution in [0, 0.1) is 12.8 Å². The number of benzene rings is 2. The third-order valence-electron chi connectivity index (χ3n) is 6.00. The van der Waals surface area contributed by atoms with Gasteiger partial charge >= 0.3 is 0 Å². The van der Waals surface area contributed by atoms with Crippen LogP contribution in [-0.4, -0.2) is 29.8 Å². The van der Waals surface area contributed by atoms with Crippen LogP contribution in [0.5, 0.6) is 0 Å². The minimum Gasteiger partial charge on any atom is -0.329 e. The van der Waals surface area contributed by atoms with Crippen LogP contribution in [-0.2, 0) is 4.79 Å². The molecule has 2 aromatic carbocycles. The fourth-order valence-electron chi connectivity index (χ4n) is 4.66. The molecule has 0 spiro atoms. The summed E-state index contributed by atoms with van der Waals surface area (Å²) in [5.41, 5.74) is 3.48. The minimum atomic E-state index is -0.457. The van der Waals surface area contributed by atoms with E-state index < -0.39 is 5.92 Å². The van der Waals surface area contributed by atoms with Crippen LogP contribution >= 0.6 is 11.3 Å². The van der Waals surface area contributed by atoms with Crippen molar-refractivity contribution in [3.8, 4) is 0 Å². The normalized spacial score (nSPS) is 18.0. The maximum Gasteiger partial charge on any atom is 0.254 e. The first-order valence-electron chi connectivity index (χ1n) is 11.2. The Morgan fingerprint density at radius 1 is 1.09 bits per heavy atom. The average Bonchev–Trinajstić information content (AvgIpc) is 3.30. The predicted molar refractivity (Wildman–Crippen MR) is 131 cm³/mol. The van der Waals surface area contributed by atoms with Gasteiger partial charge in [0.25, 0.3) is 5.91 Å². The maximum atomic E-state index is 14.2. The van der Waals surface area contributed by atoms with Crippen molar-refractivity contribution in [1.29, 1.82) is 0 Å². The number of hydrogen-bond donors (Lipinski definition) is 0. The van der Waals surface area contributed by atoms with Crippen molar-refractivity contribution in [3.63, 3.8) is 0 Å². The van der Waals surface area contributed by atoms with E-state index in [1.54, 1.807) is 11.3 Å². The lowest BCUT2D eigenvalue weighted by Gasteiger charge is -2.43. The molecule has 1 aromatic heterocycles. The van der Waals surface area contributed by atoms with E-state index in [9.17, 15) is 9.59 Å². The predicted octanol–water partition coefficient (Wildman–Crippen LogP) is 6.05. The molecule has 5 heteroatoms. The van der Waals surface area contributed by atoms with Crippen molar-refractivity contribution in [2.24, 2.45) is 5.92 Å². The first kappa shape index (κ1) is 22.3. The molecule has 1 aliphatic heterocycles. The fraction of sp³-hybridized carbons (Fsp3) is 0.333. The molecule has 166 valence electrons. The van der Waals surface area contributed by atoms with Crippen LogP contribution in [0.15, 0.2) is 66.0 Å². The standard InChI is InChI=1S/C27H30N2O2S/c1-5-28(20-11-8-10-19(4)16-20)27(31)24-21-12-6-7-13-22(21)26(30)29(17-18(2)3)25(24)23-14-9-15-32-23/h6-16,18,24-25H,5,17H2,1-4H3/t24-,25-/m1/s1. The third kappa shape index (κ3) is 4.09. The van der Waals surface area contributed by atoms with E-state index in [2.05, 4.69) is 13.8 Å². The second-order valence-corrected chi connectivity index (χ2v) is 9.78. The van der Waals surface area contributed by atoms with E-state index in [1.165, 1.54) is 0 Å². The molecule has 4 rings (SSSR count). The van der Waals surface area contributed by atoms with Crippen LogP contribution in [0.25, 0.3) is 0 Å². The van der Waals surface area contributed by atoms with Gasteiger partial charge in [-0.3, -0.25) is 9.59 Å². The number of thiophene rings is 1. The Labute approximate surface area is 194 Å². The topological polar surface area (TPSA) is 40.6 Å². The van der Waals surface area contributed by atoms with Gasteiger partial charge in [-0.15, -0.1) is 11.3 Å². The molecule has 0 saturated heterocycles. The summed E-state index contributed by atoms with van der Waals surface area (Å²) in [4.78, 5) is 32.7. The SMILES string of the molecule is CCN(C(=O)[C@@H]1c2ccccc2C(=O)N(CC(C)C)[C@@H]1c1cccs1)c1cccc(C)c1. The van der Waals surface area contributed by atoms with Gasteiger partial charge < -0.3 is 9.80 Å². The molecule has 2 amide bonds. The molecule has 0 saturated carbocycles. The molecule has 0 aliphatic carbocycles. The van der Waals surface area contributed by atoms with Gasteiger partial charge in [0.15, 0.2) is 0 Å². The Morgan fingerprint density at radius 3 is 2.53 bits per heavy atom. The number of fused-ring (bicyclic) bond motifs is 1. The van der Waals surface area contributed by atoms with Crippen LogP contribution in [0.4, 0.5) is 5.69 Å². The number of hydrogen-bond acceptors (Lipinski definition) is 3. The van der Waals surface area contributed by atoms with E-state index in [1.807, 2.05) is 89.7 Å². The van der Waals surface area contributed by atoms with Crippen molar-refractivity contribution in [3.05, 3.63) is 87.6 Å². The molecular weight excluding hydrogens is 416 g/mol. The summed E-state index contributed by atoms with van der Waals surface area (Å²) in [5.74, 6) is -0.121. The number of amides is 2. The molecule has 32 heavy (non-hydrogen) atoms. The van der Waals surface area contributed by atoms with Crippen LogP contribution in [0.1, 0.15) is 59.1 Å². The summed E-state index contributed by atoms with van der Waals surface area (Å²) in [6.45, 7) is 9.44. The average molecular weight is 447 g/mol. The van der Waals surface area contributed by atoms with Gasteiger partial charge in [0.2, 0.25) is 5.91 Å². The number of carbonyl (C=O) groups excluding carboxylic acids is 2. The van der Waals surface area contributed by atoms with Gasteiger partial charge in [-0.25, -0.2) is 0 Å². The van der Waals surface area contributed by atoms with Gasteiger partial charge in [0, 0.05) is 29.2 Å². The van der Waals surface area contributed by atoms with Crippen LogP contribution in [0.2, 0.25) is 0 Å². The maximum absolute atomic E-state index is 14.2. The van der Waals surface area contributed by atoms with Crippen molar-refractivity contribution >= 4 is 28.8 Å². The Kier molecular flexibility index (Phi) is 6.47. The molecular formula is C27H30N2O2S. The van der Waals surface area contributed by atoms with E-state index in [-0.39, 0.29) is 17.9 Å². The van der Waals surface area contributed by atoms with Gasteiger partial charge in [-0.1, -0.05) is 50.2 Å². The quantitative estimate of drug-likeness (QED) is 0.463. The molecule has 0 N–H and O–H groups in total. The molecule has 3 aromatic rings. The lowest BCUT2D eigenvalue weighted by Crippen LogP contribution is -2.49. The van der Waals surface area contributed by atoms with Crippen molar-refractivity contribution in [2.75, 3.05) is 18.0 Å². The van der Waals surface area contributed by atoms with Crippen molar-refractivity contribution in [1.82, 2.24) is 4.90 Å². The first-order valence-corrected chi connectivity index (χ1v) is 12.1. The summed E-state index contributed by atoms with van der Waals surface area (Å²) < 4.78 is 0. The number of carbonyl (C=O) groups is 2. The molecule has 2 atom stereocenters. The molecule has 0 fully saturated rings. The number of anilines is 1. The van der Waals surface area contributed by atoms with Crippen molar-refractivity contribution < 1.29 is 9.59 Å². The second-order valence-electron chi connectivity index (χ2n) is 8.80. The molecule has 0 bridgehead atoms. The fourth-order valence-corrected chi connectivity index (χ4v) is 5.53. The summed E-state index contributed by atoms with van der Waals surface area (Å²) in [5, 5.41) is 2.02. The summed E-state index contributed by atoms with van der Waals surface area (Å²) in [7, 11) is 0. The summed E-state index contributed by atoms with van der Waals surface area (Å²) in [6, 6.07) is 19.4. The molecule has 2 heterocycles. The van der Waals surface area contributed by atoms with E-state index in [4.69, 9.17) is 0 Å². The van der Waals surface area contributed by atoms with Gasteiger partial charge in [0.1, 0.15) is 0 Å². The Hall–Kier alpha value is -2.92. The highest BCUT2D eigenvalue weighted by Gasteiger charge is 2.46. The number of aryl methyl sites for hydroxylation is 1. The zero-order valence-electron chi connectivity index (χ0n) is 19.1. The summed E-state index contributed by atoms with van der Waals surface area (Å²) >= 11 is 1.61. The zero-order chi connectivity index (χ0) is 22.8. The third-order valence-corrected chi connectivity index (χ3v) is 6.94. The number of likely N-dealkylation sites (N-methyl/N-ethyl adjacent to an activating group) is 1. The van der Waals surface area contributed by atoms with Gasteiger partial charge in [-0.2, -0.15) is 0 Å². The van der Waals surface area contributed by atoms with Crippen LogP contribution in [0.3, 0.4) is 0 Å². The second kappa shape index (κ2) is 9.29. The largest absolute Gasteiger partial charge is 0.329 e. The lowest BCUT2D eigenvalue weighted by atomic mass is 9.80. The number of rotatable bonds is 6. The number of nitrogens with zero attached hydrogens (tertiary/aromatic N) is 2. The van der Waals surface area contributed by atoms with E-state index in [0.29, 0.717) is 24.6 Å². The van der Waals surface area contributed by atoms with Crippen LogP contribution < -0.4 is 4.90 Å². The molecule has 0 radical (unpaired) electrons. The van der Waals surface area contributed by atoms with Gasteiger partial charge in [0.05, 0.1) is 12.0 Å². The zero-order valence-corrected chi connectivity index (χ0v) is 19.9. The smallest absolute Gasteiger partial charge is 0.254 e. The molecule has 1 aliphatic rings. The van der Waals surface area contributed by atoms with Crippen molar-refractivity contribution in [2.45, 2.75) is 39.7 Å².